The number of hydrogen-bond acceptors (Lipinski definition) is 4. The monoisotopic (exact) mass is 1040 g/mol. The quantitative estimate of drug-likeness (QED) is 0.152. The van der Waals surface area contributed by atoms with Crippen molar-refractivity contribution < 1.29 is 0 Å². The van der Waals surface area contributed by atoms with Crippen LogP contribution in [0.4, 0.5) is 0 Å². The van der Waals surface area contributed by atoms with E-state index in [0.717, 1.165) is 112 Å². The molecule has 0 saturated carbocycles. The molecule has 0 aliphatic heterocycles. The highest BCUT2D eigenvalue weighted by Crippen LogP contribution is 2.42. The SMILES string of the molecule is CC(C)(C)c1cc2nc(-c3ccc(-c4ccc(-c5nc6ccccc6nc5-c5ccc(-c6ccc(-c7nc8cc(C(C)(C)C)c(C(C)(C)C)cc8n7-c7ccccc7)cc6)cc5)cc4)cc3)n(-c3ccccc3)c2cc1C(C)(C)C. The highest BCUT2D eigenvalue weighted by atomic mass is 15.1. The van der Waals surface area contributed by atoms with Crippen molar-refractivity contribution in [2.45, 2.75) is 105 Å². The second-order valence-electron chi connectivity index (χ2n) is 25.7. The molecular formula is C74H70N6. The molecule has 0 aliphatic carbocycles. The van der Waals surface area contributed by atoms with Crippen molar-refractivity contribution in [1.82, 2.24) is 29.1 Å². The molecule has 80 heavy (non-hydrogen) atoms. The number of hydrogen-bond donors (Lipinski definition) is 0. The summed E-state index contributed by atoms with van der Waals surface area (Å²) in [6, 6.07) is 73.9. The molecule has 6 heteroatoms. The average Bonchev–Trinajstić information content (AvgIpc) is 4.20. The smallest absolute Gasteiger partial charge is 0.145 e. The standard InChI is InChI=1S/C74H70N6/c1-71(2,3)57-43-63-65(45-59(57)73(7,8)9)79(55-21-15-13-16-22-55)69(77-63)53-39-31-49(32-40-53)47-27-35-51(36-28-47)67-68(76-62-26-20-19-25-61(62)75-67)52-37-29-48(30-38-52)50-33-41-54(42-34-50)70-78-64-44-58(72(4,5)6)60(74(10,11)12)46-66(64)80(70)56-23-17-14-18-24-56/h13-46H,1-12H3. The zero-order chi connectivity index (χ0) is 55.9. The van der Waals surface area contributed by atoms with Crippen LogP contribution in [0.3, 0.4) is 0 Å². The van der Waals surface area contributed by atoms with Crippen molar-refractivity contribution in [2.24, 2.45) is 0 Å². The molecule has 0 radical (unpaired) electrons. The first-order chi connectivity index (χ1) is 38.2. The molecule has 0 saturated heterocycles. The van der Waals surface area contributed by atoms with Crippen LogP contribution in [-0.4, -0.2) is 29.1 Å². The first kappa shape index (κ1) is 52.0. The normalized spacial score (nSPS) is 12.5. The fourth-order valence-electron chi connectivity index (χ4n) is 11.5. The van der Waals surface area contributed by atoms with Gasteiger partial charge < -0.3 is 0 Å². The van der Waals surface area contributed by atoms with Crippen LogP contribution in [0.1, 0.15) is 105 Å². The molecule has 6 nitrogen and oxygen atoms in total. The van der Waals surface area contributed by atoms with E-state index in [4.69, 9.17) is 19.9 Å². The molecule has 0 amide bonds. The van der Waals surface area contributed by atoms with Crippen molar-refractivity contribution >= 4 is 33.1 Å². The molecule has 0 spiro atoms. The fourth-order valence-corrected chi connectivity index (χ4v) is 11.5. The van der Waals surface area contributed by atoms with Crippen LogP contribution in [0.15, 0.2) is 206 Å². The summed E-state index contributed by atoms with van der Waals surface area (Å²) in [4.78, 5) is 21.3. The number of rotatable bonds is 8. The van der Waals surface area contributed by atoms with Gasteiger partial charge in [0.05, 0.1) is 44.5 Å². The fraction of sp³-hybridized carbons (Fsp3) is 0.216. The summed E-state index contributed by atoms with van der Waals surface area (Å²) >= 11 is 0. The third kappa shape index (κ3) is 9.71. The minimum Gasteiger partial charge on any atom is -0.292 e. The molecule has 3 aromatic heterocycles. The predicted molar refractivity (Wildman–Crippen MR) is 336 cm³/mol. The number of aromatic nitrogens is 6. The van der Waals surface area contributed by atoms with Crippen LogP contribution in [0.25, 0.3) is 112 Å². The second-order valence-corrected chi connectivity index (χ2v) is 25.7. The molecule has 12 rings (SSSR count). The zero-order valence-electron chi connectivity index (χ0n) is 48.3. The van der Waals surface area contributed by atoms with Gasteiger partial charge in [-0.1, -0.05) is 229 Å². The van der Waals surface area contributed by atoms with Gasteiger partial charge in [-0.05, 0) is 127 Å². The third-order valence-electron chi connectivity index (χ3n) is 15.7. The minimum absolute atomic E-state index is 0.0302. The van der Waals surface area contributed by atoms with Gasteiger partial charge in [0.2, 0.25) is 0 Å². The highest BCUT2D eigenvalue weighted by Gasteiger charge is 2.30. The van der Waals surface area contributed by atoms with Gasteiger partial charge in [0.1, 0.15) is 11.6 Å². The van der Waals surface area contributed by atoms with Crippen LogP contribution >= 0.6 is 0 Å². The van der Waals surface area contributed by atoms with Gasteiger partial charge in [-0.3, -0.25) is 9.13 Å². The Morgan fingerprint density at radius 2 is 0.512 bits per heavy atom. The molecule has 0 bridgehead atoms. The lowest BCUT2D eigenvalue weighted by Crippen LogP contribution is -2.22. The Bertz CT molecular complexity index is 3970. The lowest BCUT2D eigenvalue weighted by Gasteiger charge is -2.30. The molecule has 396 valence electrons. The Labute approximate surface area is 471 Å². The van der Waals surface area contributed by atoms with Gasteiger partial charge >= 0.3 is 0 Å². The van der Waals surface area contributed by atoms with E-state index in [1.165, 1.54) is 22.3 Å². The predicted octanol–water partition coefficient (Wildman–Crippen LogP) is 19.5. The van der Waals surface area contributed by atoms with Crippen molar-refractivity contribution in [1.29, 1.82) is 0 Å². The van der Waals surface area contributed by atoms with Crippen LogP contribution < -0.4 is 0 Å². The Kier molecular flexibility index (Phi) is 12.7. The highest BCUT2D eigenvalue weighted by molar-refractivity contribution is 5.90. The van der Waals surface area contributed by atoms with Gasteiger partial charge in [0.15, 0.2) is 0 Å². The zero-order valence-corrected chi connectivity index (χ0v) is 48.3. The van der Waals surface area contributed by atoms with Crippen molar-refractivity contribution in [2.75, 3.05) is 0 Å². The van der Waals surface area contributed by atoms with Crippen molar-refractivity contribution in [3.8, 4) is 78.9 Å². The number of fused-ring (bicyclic) bond motifs is 3. The summed E-state index contributed by atoms with van der Waals surface area (Å²) in [6.45, 7) is 27.6. The van der Waals surface area contributed by atoms with Gasteiger partial charge in [-0.15, -0.1) is 0 Å². The Balaban J connectivity index is 0.850. The number of para-hydroxylation sites is 4. The lowest BCUT2D eigenvalue weighted by atomic mass is 9.75. The van der Waals surface area contributed by atoms with E-state index < -0.39 is 0 Å². The number of benzene rings is 9. The molecule has 0 atom stereocenters. The molecule has 0 unspecified atom stereocenters. The first-order valence-electron chi connectivity index (χ1n) is 28.1. The van der Waals surface area contributed by atoms with E-state index in [2.05, 4.69) is 274 Å². The summed E-state index contributed by atoms with van der Waals surface area (Å²) in [5.74, 6) is 1.85. The maximum absolute atomic E-state index is 5.37. The van der Waals surface area contributed by atoms with Gasteiger partial charge in [0.25, 0.3) is 0 Å². The maximum Gasteiger partial charge on any atom is 0.145 e. The van der Waals surface area contributed by atoms with Crippen LogP contribution in [0.5, 0.6) is 0 Å². The van der Waals surface area contributed by atoms with E-state index in [-0.39, 0.29) is 21.7 Å². The van der Waals surface area contributed by atoms with Crippen LogP contribution in [0.2, 0.25) is 0 Å². The average molecular weight is 1040 g/mol. The van der Waals surface area contributed by atoms with E-state index in [1.54, 1.807) is 0 Å². The van der Waals surface area contributed by atoms with Gasteiger partial charge in [-0.2, -0.15) is 0 Å². The molecular weight excluding hydrogens is 973 g/mol. The Morgan fingerprint density at radius 3 is 0.812 bits per heavy atom. The Hall–Kier alpha value is -8.74. The van der Waals surface area contributed by atoms with E-state index in [0.29, 0.717) is 0 Å². The molecule has 0 aliphatic rings. The molecule has 3 heterocycles. The number of imidazole rings is 2. The van der Waals surface area contributed by atoms with E-state index in [1.807, 2.05) is 24.3 Å². The molecule has 0 N–H and O–H groups in total. The molecule has 9 aromatic carbocycles. The van der Waals surface area contributed by atoms with Crippen LogP contribution in [-0.2, 0) is 21.7 Å². The summed E-state index contributed by atoms with van der Waals surface area (Å²) in [5.41, 5.74) is 23.7. The van der Waals surface area contributed by atoms with Crippen molar-refractivity contribution in [3.05, 3.63) is 229 Å². The summed E-state index contributed by atoms with van der Waals surface area (Å²) < 4.78 is 4.64. The molecule has 0 fully saturated rings. The number of nitrogens with zero attached hydrogens (tertiary/aromatic N) is 6. The van der Waals surface area contributed by atoms with E-state index in [9.17, 15) is 0 Å². The summed E-state index contributed by atoms with van der Waals surface area (Å²) in [6.07, 6.45) is 0. The largest absolute Gasteiger partial charge is 0.292 e. The lowest BCUT2D eigenvalue weighted by molar-refractivity contribution is 0.531. The first-order valence-corrected chi connectivity index (χ1v) is 28.1. The van der Waals surface area contributed by atoms with E-state index >= 15 is 0 Å². The maximum atomic E-state index is 5.37. The molecule has 12 aromatic rings. The van der Waals surface area contributed by atoms with Crippen LogP contribution in [0, 0.1) is 0 Å². The third-order valence-corrected chi connectivity index (χ3v) is 15.7. The second kappa shape index (κ2) is 19.6. The topological polar surface area (TPSA) is 61.4 Å². The summed E-state index contributed by atoms with van der Waals surface area (Å²) in [7, 11) is 0. The Morgan fingerprint density at radius 1 is 0.250 bits per heavy atom. The summed E-state index contributed by atoms with van der Waals surface area (Å²) in [5, 5.41) is 0. The van der Waals surface area contributed by atoms with Crippen molar-refractivity contribution in [3.63, 3.8) is 0 Å². The minimum atomic E-state index is -0.0349. The van der Waals surface area contributed by atoms with Gasteiger partial charge in [0, 0.05) is 33.6 Å². The van der Waals surface area contributed by atoms with Gasteiger partial charge in [-0.25, -0.2) is 19.9 Å².